The number of para-hydroxylation sites is 1. The fraction of sp³-hybridized carbons (Fsp3) is 0.500. The molecular weight excluding hydrogens is 226 g/mol. The molecule has 0 aliphatic rings. The van der Waals surface area contributed by atoms with Gasteiger partial charge in [-0.15, -0.1) is 0 Å². The van der Waals surface area contributed by atoms with E-state index in [2.05, 4.69) is 10.2 Å². The highest BCUT2D eigenvalue weighted by molar-refractivity contribution is 5.81. The summed E-state index contributed by atoms with van der Waals surface area (Å²) < 4.78 is 0. The van der Waals surface area contributed by atoms with E-state index in [1.165, 1.54) is 0 Å². The minimum atomic E-state index is -0.378. The number of amides is 1. The van der Waals surface area contributed by atoms with Crippen molar-refractivity contribution in [2.24, 2.45) is 5.73 Å². The normalized spacial score (nSPS) is 11.9. The Balaban J connectivity index is 2.27. The minimum absolute atomic E-state index is 0.0571. The van der Waals surface area contributed by atoms with E-state index in [9.17, 15) is 4.79 Å². The van der Waals surface area contributed by atoms with Gasteiger partial charge in [-0.2, -0.15) is 0 Å². The molecule has 18 heavy (non-hydrogen) atoms. The summed E-state index contributed by atoms with van der Waals surface area (Å²) in [7, 11) is 2.01. The summed E-state index contributed by atoms with van der Waals surface area (Å²) in [6.07, 6.45) is 1.67. The number of benzene rings is 1. The molecule has 1 aromatic carbocycles. The quantitative estimate of drug-likeness (QED) is 0.767. The van der Waals surface area contributed by atoms with Crippen molar-refractivity contribution in [3.05, 3.63) is 30.3 Å². The van der Waals surface area contributed by atoms with Crippen molar-refractivity contribution in [1.29, 1.82) is 0 Å². The molecule has 0 saturated heterocycles. The first kappa shape index (κ1) is 14.5. The van der Waals surface area contributed by atoms with Crippen LogP contribution < -0.4 is 16.0 Å². The number of likely N-dealkylation sites (N-methyl/N-ethyl adjacent to an activating group) is 1. The van der Waals surface area contributed by atoms with Crippen molar-refractivity contribution in [3.63, 3.8) is 0 Å². The second-order valence-electron chi connectivity index (χ2n) is 4.44. The number of hydrogen-bond acceptors (Lipinski definition) is 3. The topological polar surface area (TPSA) is 58.4 Å². The summed E-state index contributed by atoms with van der Waals surface area (Å²) in [6, 6.07) is 9.71. The summed E-state index contributed by atoms with van der Waals surface area (Å²) >= 11 is 0. The zero-order valence-electron chi connectivity index (χ0n) is 11.2. The molecule has 0 saturated carbocycles. The number of nitrogens with one attached hydrogen (secondary N) is 1. The van der Waals surface area contributed by atoms with Crippen molar-refractivity contribution in [3.8, 4) is 0 Å². The van der Waals surface area contributed by atoms with E-state index in [-0.39, 0.29) is 11.9 Å². The summed E-state index contributed by atoms with van der Waals surface area (Å²) in [5.41, 5.74) is 6.87. The van der Waals surface area contributed by atoms with Gasteiger partial charge in [0.2, 0.25) is 5.91 Å². The molecule has 0 heterocycles. The van der Waals surface area contributed by atoms with Crippen LogP contribution in [0, 0.1) is 0 Å². The number of nitrogens with zero attached hydrogens (tertiary/aromatic N) is 1. The summed E-state index contributed by atoms with van der Waals surface area (Å²) in [4.78, 5) is 13.7. The highest BCUT2D eigenvalue weighted by Gasteiger charge is 2.11. The molecule has 4 nitrogen and oxygen atoms in total. The van der Waals surface area contributed by atoms with Crippen LogP contribution in [0.2, 0.25) is 0 Å². The molecule has 1 amide bonds. The Bertz CT molecular complexity index is 353. The zero-order valence-corrected chi connectivity index (χ0v) is 11.2. The maximum Gasteiger partial charge on any atom is 0.236 e. The highest BCUT2D eigenvalue weighted by atomic mass is 16.2. The highest BCUT2D eigenvalue weighted by Crippen LogP contribution is 2.09. The van der Waals surface area contributed by atoms with Gasteiger partial charge in [-0.1, -0.05) is 31.5 Å². The van der Waals surface area contributed by atoms with Crippen LogP contribution in [0.15, 0.2) is 30.3 Å². The Labute approximate surface area is 109 Å². The number of nitrogens with two attached hydrogens (primary N) is 1. The van der Waals surface area contributed by atoms with Gasteiger partial charge in [0.05, 0.1) is 6.04 Å². The molecule has 0 aromatic heterocycles. The molecule has 0 fully saturated rings. The van der Waals surface area contributed by atoms with Gasteiger partial charge in [0, 0.05) is 25.8 Å². The Hall–Kier alpha value is -1.55. The molecule has 0 spiro atoms. The van der Waals surface area contributed by atoms with Gasteiger partial charge < -0.3 is 16.0 Å². The van der Waals surface area contributed by atoms with Crippen LogP contribution in [0.25, 0.3) is 0 Å². The van der Waals surface area contributed by atoms with Crippen LogP contribution >= 0.6 is 0 Å². The molecule has 0 bridgehead atoms. The van der Waals surface area contributed by atoms with Gasteiger partial charge in [-0.25, -0.2) is 0 Å². The molecule has 4 heteroatoms. The van der Waals surface area contributed by atoms with E-state index in [1.54, 1.807) is 0 Å². The molecule has 1 rings (SSSR count). The van der Waals surface area contributed by atoms with Gasteiger partial charge >= 0.3 is 0 Å². The third-order valence-corrected chi connectivity index (χ3v) is 2.88. The van der Waals surface area contributed by atoms with Gasteiger partial charge in [0.25, 0.3) is 0 Å². The Morgan fingerprint density at radius 3 is 2.67 bits per heavy atom. The molecular formula is C14H23N3O. The second kappa shape index (κ2) is 7.71. The third-order valence-electron chi connectivity index (χ3n) is 2.88. The van der Waals surface area contributed by atoms with Crippen molar-refractivity contribution >= 4 is 11.6 Å². The number of carbonyl (C=O) groups is 1. The van der Waals surface area contributed by atoms with E-state index in [0.29, 0.717) is 6.54 Å². The van der Waals surface area contributed by atoms with Gasteiger partial charge in [0.15, 0.2) is 0 Å². The van der Waals surface area contributed by atoms with Crippen LogP contribution in [0.4, 0.5) is 5.69 Å². The predicted octanol–water partition coefficient (Wildman–Crippen LogP) is 1.37. The number of rotatable bonds is 7. The molecule has 3 N–H and O–H groups in total. The maximum atomic E-state index is 11.6. The van der Waals surface area contributed by atoms with Gasteiger partial charge in [0.1, 0.15) is 0 Å². The molecule has 1 unspecified atom stereocenters. The number of anilines is 1. The van der Waals surface area contributed by atoms with E-state index in [1.807, 2.05) is 44.3 Å². The van der Waals surface area contributed by atoms with E-state index in [4.69, 9.17) is 5.73 Å². The standard InChI is InChI=1S/C14H23N3O/c1-3-7-13(15)14(18)16-10-11-17(2)12-8-5-4-6-9-12/h4-6,8-9,13H,3,7,10-11,15H2,1-2H3,(H,16,18). The van der Waals surface area contributed by atoms with Crippen LogP contribution in [0.5, 0.6) is 0 Å². The van der Waals surface area contributed by atoms with Gasteiger partial charge in [-0.3, -0.25) is 4.79 Å². The van der Waals surface area contributed by atoms with Crippen molar-refractivity contribution < 1.29 is 4.79 Å². The molecule has 1 atom stereocenters. The molecule has 100 valence electrons. The molecule has 0 radical (unpaired) electrons. The first-order valence-electron chi connectivity index (χ1n) is 6.44. The van der Waals surface area contributed by atoms with Crippen LogP contribution in [-0.2, 0) is 4.79 Å². The molecule has 0 aliphatic carbocycles. The monoisotopic (exact) mass is 249 g/mol. The average Bonchev–Trinajstić information content (AvgIpc) is 2.39. The average molecular weight is 249 g/mol. The first-order valence-corrected chi connectivity index (χ1v) is 6.44. The lowest BCUT2D eigenvalue weighted by molar-refractivity contribution is -0.122. The van der Waals surface area contributed by atoms with Crippen LogP contribution in [0.3, 0.4) is 0 Å². The fourth-order valence-corrected chi connectivity index (χ4v) is 1.73. The van der Waals surface area contributed by atoms with Crippen LogP contribution in [0.1, 0.15) is 19.8 Å². The number of carbonyl (C=O) groups excluding carboxylic acids is 1. The summed E-state index contributed by atoms with van der Waals surface area (Å²) in [5.74, 6) is -0.0571. The Morgan fingerprint density at radius 1 is 1.39 bits per heavy atom. The van der Waals surface area contributed by atoms with E-state index in [0.717, 1.165) is 25.1 Å². The summed E-state index contributed by atoms with van der Waals surface area (Å²) in [5, 5.41) is 2.86. The Morgan fingerprint density at radius 2 is 2.06 bits per heavy atom. The summed E-state index contributed by atoms with van der Waals surface area (Å²) in [6.45, 7) is 3.41. The van der Waals surface area contributed by atoms with Crippen molar-refractivity contribution in [1.82, 2.24) is 5.32 Å². The van der Waals surface area contributed by atoms with Gasteiger partial charge in [-0.05, 0) is 18.6 Å². The maximum absolute atomic E-state index is 11.6. The fourth-order valence-electron chi connectivity index (χ4n) is 1.73. The third kappa shape index (κ3) is 4.75. The smallest absolute Gasteiger partial charge is 0.236 e. The van der Waals surface area contributed by atoms with E-state index < -0.39 is 0 Å². The first-order chi connectivity index (χ1) is 8.65. The van der Waals surface area contributed by atoms with Crippen molar-refractivity contribution in [2.45, 2.75) is 25.8 Å². The Kier molecular flexibility index (Phi) is 6.22. The molecule has 0 aliphatic heterocycles. The van der Waals surface area contributed by atoms with Crippen molar-refractivity contribution in [2.75, 3.05) is 25.0 Å². The minimum Gasteiger partial charge on any atom is -0.373 e. The zero-order chi connectivity index (χ0) is 13.4. The van der Waals surface area contributed by atoms with Crippen LogP contribution in [-0.4, -0.2) is 32.1 Å². The SMILES string of the molecule is CCCC(N)C(=O)NCCN(C)c1ccccc1. The molecule has 1 aromatic rings. The predicted molar refractivity (Wildman–Crippen MR) is 75.6 cm³/mol. The second-order valence-corrected chi connectivity index (χ2v) is 4.44. The number of hydrogen-bond donors (Lipinski definition) is 2. The lowest BCUT2D eigenvalue weighted by atomic mass is 10.2. The lowest BCUT2D eigenvalue weighted by Crippen LogP contribution is -2.43. The lowest BCUT2D eigenvalue weighted by Gasteiger charge is -2.20. The van der Waals surface area contributed by atoms with E-state index >= 15 is 0 Å². The largest absolute Gasteiger partial charge is 0.373 e.